The van der Waals surface area contributed by atoms with Crippen molar-refractivity contribution in [1.82, 2.24) is 5.32 Å². The molecule has 0 aliphatic carbocycles. The fourth-order valence-corrected chi connectivity index (χ4v) is 2.72. The first-order chi connectivity index (χ1) is 9.56. The van der Waals surface area contributed by atoms with Gasteiger partial charge in [0.1, 0.15) is 0 Å². The van der Waals surface area contributed by atoms with E-state index in [2.05, 4.69) is 40.3 Å². The molecule has 2 aromatic rings. The average Bonchev–Trinajstić information content (AvgIpc) is 2.38. The molecule has 104 valence electrons. The molecule has 0 radical (unpaired) electrons. The third-order valence-electron chi connectivity index (χ3n) is 3.29. The molecule has 0 spiro atoms. The maximum atomic E-state index is 12.1. The van der Waals surface area contributed by atoms with Gasteiger partial charge >= 0.3 is 0 Å². The van der Waals surface area contributed by atoms with Crippen molar-refractivity contribution in [2.24, 2.45) is 0 Å². The zero-order valence-corrected chi connectivity index (χ0v) is 13.3. The zero-order chi connectivity index (χ0) is 14.5. The lowest BCUT2D eigenvalue weighted by Gasteiger charge is -2.16. The number of hydrogen-bond donors (Lipinski definition) is 1. The van der Waals surface area contributed by atoms with E-state index in [9.17, 15) is 4.79 Å². The van der Waals surface area contributed by atoms with E-state index >= 15 is 0 Å². The van der Waals surface area contributed by atoms with Crippen LogP contribution in [0.25, 0.3) is 0 Å². The maximum Gasteiger partial charge on any atom is 0.224 e. The normalized spacial score (nSPS) is 11.9. The molecule has 1 N–H and O–H groups in total. The Labute approximate surface area is 128 Å². The quantitative estimate of drug-likeness (QED) is 0.894. The minimum Gasteiger partial charge on any atom is -0.349 e. The standard InChI is InChI=1S/C17H18BrNO/c1-12-6-3-4-9-16(12)13(2)19-17(20)11-14-7-5-8-15(18)10-14/h3-10,13H,11H2,1-2H3,(H,19,20)/t13-/m0/s1. The minimum atomic E-state index is 0.0239. The second-order valence-corrected chi connectivity index (χ2v) is 5.87. The van der Waals surface area contributed by atoms with Gasteiger partial charge in [0.2, 0.25) is 5.91 Å². The molecule has 2 rings (SSSR count). The molecule has 0 unspecified atom stereocenters. The van der Waals surface area contributed by atoms with Crippen LogP contribution in [-0.2, 0) is 11.2 Å². The largest absolute Gasteiger partial charge is 0.349 e. The number of hydrogen-bond acceptors (Lipinski definition) is 1. The summed E-state index contributed by atoms with van der Waals surface area (Å²) in [7, 11) is 0. The Morgan fingerprint density at radius 1 is 1.20 bits per heavy atom. The molecule has 1 amide bonds. The third-order valence-corrected chi connectivity index (χ3v) is 3.78. The summed E-state index contributed by atoms with van der Waals surface area (Å²) in [6.45, 7) is 4.08. The molecule has 0 fully saturated rings. The summed E-state index contributed by atoms with van der Waals surface area (Å²) in [4.78, 5) is 12.1. The summed E-state index contributed by atoms with van der Waals surface area (Å²) < 4.78 is 0.995. The van der Waals surface area contributed by atoms with E-state index in [1.54, 1.807) is 0 Å². The van der Waals surface area contributed by atoms with E-state index in [0.717, 1.165) is 15.6 Å². The summed E-state index contributed by atoms with van der Waals surface area (Å²) >= 11 is 3.42. The molecular formula is C17H18BrNO. The van der Waals surface area contributed by atoms with Gasteiger partial charge in [0, 0.05) is 4.47 Å². The topological polar surface area (TPSA) is 29.1 Å². The van der Waals surface area contributed by atoms with Crippen LogP contribution in [0.3, 0.4) is 0 Å². The van der Waals surface area contributed by atoms with Crippen LogP contribution in [0.4, 0.5) is 0 Å². The van der Waals surface area contributed by atoms with Gasteiger partial charge < -0.3 is 5.32 Å². The van der Waals surface area contributed by atoms with Crippen molar-refractivity contribution in [2.45, 2.75) is 26.3 Å². The second-order valence-electron chi connectivity index (χ2n) is 4.95. The van der Waals surface area contributed by atoms with Gasteiger partial charge in [-0.1, -0.05) is 52.3 Å². The SMILES string of the molecule is Cc1ccccc1[C@H](C)NC(=O)Cc1cccc(Br)c1. The van der Waals surface area contributed by atoms with Crippen LogP contribution in [0.5, 0.6) is 0 Å². The Bertz CT molecular complexity index is 609. The molecule has 2 aromatic carbocycles. The van der Waals surface area contributed by atoms with Crippen molar-refractivity contribution in [3.63, 3.8) is 0 Å². The molecule has 0 aromatic heterocycles. The molecule has 0 bridgehead atoms. The van der Waals surface area contributed by atoms with E-state index in [1.165, 1.54) is 5.56 Å². The summed E-state index contributed by atoms with van der Waals surface area (Å²) in [6, 6.07) is 16.0. The Kier molecular flexibility index (Phi) is 4.96. The van der Waals surface area contributed by atoms with Gasteiger partial charge in [-0.2, -0.15) is 0 Å². The second kappa shape index (κ2) is 6.71. The molecule has 2 nitrogen and oxygen atoms in total. The monoisotopic (exact) mass is 331 g/mol. The van der Waals surface area contributed by atoms with Crippen LogP contribution >= 0.6 is 15.9 Å². The molecule has 3 heteroatoms. The number of nitrogens with one attached hydrogen (secondary N) is 1. The molecule has 0 aliphatic heterocycles. The first-order valence-electron chi connectivity index (χ1n) is 6.65. The first-order valence-corrected chi connectivity index (χ1v) is 7.45. The van der Waals surface area contributed by atoms with Gasteiger partial charge in [-0.15, -0.1) is 0 Å². The van der Waals surface area contributed by atoms with Crippen molar-refractivity contribution >= 4 is 21.8 Å². The molecule has 0 heterocycles. The lowest BCUT2D eigenvalue weighted by atomic mass is 10.0. The number of rotatable bonds is 4. The Hall–Kier alpha value is -1.61. The van der Waals surface area contributed by atoms with E-state index in [1.807, 2.05) is 43.3 Å². The number of halogens is 1. The summed E-state index contributed by atoms with van der Waals surface area (Å²) in [5.41, 5.74) is 3.37. The highest BCUT2D eigenvalue weighted by Gasteiger charge is 2.11. The molecule has 0 saturated heterocycles. The Morgan fingerprint density at radius 3 is 2.65 bits per heavy atom. The number of benzene rings is 2. The van der Waals surface area contributed by atoms with Gasteiger partial charge in [-0.3, -0.25) is 4.79 Å². The van der Waals surface area contributed by atoms with Gasteiger partial charge in [0.25, 0.3) is 0 Å². The fraction of sp³-hybridized carbons (Fsp3) is 0.235. The van der Waals surface area contributed by atoms with Crippen LogP contribution in [0.1, 0.15) is 29.7 Å². The lowest BCUT2D eigenvalue weighted by Crippen LogP contribution is -2.28. The predicted octanol–water partition coefficient (Wildman–Crippen LogP) is 4.18. The number of amides is 1. The Morgan fingerprint density at radius 2 is 1.95 bits per heavy atom. The molecule has 0 aliphatic rings. The highest BCUT2D eigenvalue weighted by molar-refractivity contribution is 9.10. The average molecular weight is 332 g/mol. The zero-order valence-electron chi connectivity index (χ0n) is 11.7. The van der Waals surface area contributed by atoms with Crippen LogP contribution < -0.4 is 5.32 Å². The van der Waals surface area contributed by atoms with Crippen molar-refractivity contribution in [2.75, 3.05) is 0 Å². The van der Waals surface area contributed by atoms with E-state index in [0.29, 0.717) is 6.42 Å². The molecule has 0 saturated carbocycles. The number of carbonyl (C=O) groups excluding carboxylic acids is 1. The summed E-state index contributed by atoms with van der Waals surface area (Å²) in [5.74, 6) is 0.0406. The maximum absolute atomic E-state index is 12.1. The minimum absolute atomic E-state index is 0.0239. The predicted molar refractivity (Wildman–Crippen MR) is 85.6 cm³/mol. The van der Waals surface area contributed by atoms with Crippen molar-refractivity contribution in [3.05, 3.63) is 69.7 Å². The third kappa shape index (κ3) is 3.94. The van der Waals surface area contributed by atoms with Crippen molar-refractivity contribution < 1.29 is 4.79 Å². The van der Waals surface area contributed by atoms with Gasteiger partial charge in [-0.25, -0.2) is 0 Å². The van der Waals surface area contributed by atoms with Crippen LogP contribution in [0.2, 0.25) is 0 Å². The number of aryl methyl sites for hydroxylation is 1. The summed E-state index contributed by atoms with van der Waals surface area (Å²) in [6.07, 6.45) is 0.398. The molecular weight excluding hydrogens is 314 g/mol. The molecule has 20 heavy (non-hydrogen) atoms. The van der Waals surface area contributed by atoms with Crippen LogP contribution in [0, 0.1) is 6.92 Å². The van der Waals surface area contributed by atoms with Gasteiger partial charge in [-0.05, 0) is 42.7 Å². The Balaban J connectivity index is 2.00. The molecule has 1 atom stereocenters. The van der Waals surface area contributed by atoms with Crippen LogP contribution in [-0.4, -0.2) is 5.91 Å². The smallest absolute Gasteiger partial charge is 0.224 e. The van der Waals surface area contributed by atoms with E-state index < -0.39 is 0 Å². The highest BCUT2D eigenvalue weighted by Crippen LogP contribution is 2.17. The van der Waals surface area contributed by atoms with Gasteiger partial charge in [0.05, 0.1) is 12.5 Å². The van der Waals surface area contributed by atoms with Crippen LogP contribution in [0.15, 0.2) is 53.0 Å². The number of carbonyl (C=O) groups is 1. The lowest BCUT2D eigenvalue weighted by molar-refractivity contribution is -0.121. The van der Waals surface area contributed by atoms with Crippen molar-refractivity contribution in [3.8, 4) is 0 Å². The van der Waals surface area contributed by atoms with E-state index in [-0.39, 0.29) is 11.9 Å². The summed E-state index contributed by atoms with van der Waals surface area (Å²) in [5, 5.41) is 3.05. The van der Waals surface area contributed by atoms with E-state index in [4.69, 9.17) is 0 Å². The first kappa shape index (κ1) is 14.8. The fourth-order valence-electron chi connectivity index (χ4n) is 2.28. The van der Waals surface area contributed by atoms with Crippen molar-refractivity contribution in [1.29, 1.82) is 0 Å². The highest BCUT2D eigenvalue weighted by atomic mass is 79.9. The van der Waals surface area contributed by atoms with Gasteiger partial charge in [0.15, 0.2) is 0 Å².